The van der Waals surface area contributed by atoms with Gasteiger partial charge < -0.3 is 5.73 Å². The van der Waals surface area contributed by atoms with Gasteiger partial charge in [0.2, 0.25) is 0 Å². The van der Waals surface area contributed by atoms with E-state index >= 15 is 0 Å². The minimum absolute atomic E-state index is 0.186. The number of rotatable bonds is 4. The molecule has 0 aliphatic rings. The topological polar surface area (TPSA) is 29.3 Å². The summed E-state index contributed by atoms with van der Waals surface area (Å²) < 4.78 is 14.5. The third-order valence-corrected chi connectivity index (χ3v) is 3.35. The predicted molar refractivity (Wildman–Crippen MR) is 80.1 cm³/mol. The second-order valence-electron chi connectivity index (χ2n) is 4.65. The summed E-state index contributed by atoms with van der Waals surface area (Å²) in [5, 5.41) is 0. The quantitative estimate of drug-likeness (QED) is 0.867. The Bertz CT molecular complexity index is 572. The van der Waals surface area contributed by atoms with Gasteiger partial charge in [0.1, 0.15) is 5.82 Å². The van der Waals surface area contributed by atoms with Gasteiger partial charge in [-0.25, -0.2) is 4.39 Å². The van der Waals surface area contributed by atoms with Gasteiger partial charge in [-0.1, -0.05) is 34.1 Å². The molecule has 0 saturated carbocycles. The zero-order chi connectivity index (χ0) is 13.8. The van der Waals surface area contributed by atoms with E-state index in [0.29, 0.717) is 12.1 Å². The van der Waals surface area contributed by atoms with Crippen LogP contribution in [-0.4, -0.2) is 11.9 Å². The maximum Gasteiger partial charge on any atom is 0.128 e. The van der Waals surface area contributed by atoms with Crippen LogP contribution in [0.5, 0.6) is 0 Å². The molecule has 0 aromatic heterocycles. The summed E-state index contributed by atoms with van der Waals surface area (Å²) in [6.45, 7) is 1.30. The van der Waals surface area contributed by atoms with Crippen LogP contribution >= 0.6 is 15.9 Å². The zero-order valence-electron chi connectivity index (χ0n) is 10.7. The van der Waals surface area contributed by atoms with Gasteiger partial charge in [-0.2, -0.15) is 0 Å². The normalized spacial score (nSPS) is 10.9. The molecule has 0 spiro atoms. The summed E-state index contributed by atoms with van der Waals surface area (Å²) >= 11 is 3.26. The van der Waals surface area contributed by atoms with Crippen molar-refractivity contribution >= 4 is 21.6 Å². The van der Waals surface area contributed by atoms with Gasteiger partial charge in [0.15, 0.2) is 0 Å². The summed E-state index contributed by atoms with van der Waals surface area (Å²) in [7, 11) is 1.96. The molecular formula is C15H16BrFN2. The highest BCUT2D eigenvalue weighted by molar-refractivity contribution is 9.10. The third-order valence-electron chi connectivity index (χ3n) is 2.86. The molecule has 0 bridgehead atoms. The van der Waals surface area contributed by atoms with E-state index in [2.05, 4.69) is 20.8 Å². The molecule has 100 valence electrons. The lowest BCUT2D eigenvalue weighted by molar-refractivity contribution is 0.313. The summed E-state index contributed by atoms with van der Waals surface area (Å²) in [6.07, 6.45) is 0. The van der Waals surface area contributed by atoms with E-state index in [1.165, 1.54) is 6.07 Å². The number of benzene rings is 2. The molecule has 0 radical (unpaired) electrons. The van der Waals surface area contributed by atoms with Crippen LogP contribution in [0.1, 0.15) is 11.1 Å². The van der Waals surface area contributed by atoms with Gasteiger partial charge in [-0.15, -0.1) is 0 Å². The molecule has 0 aliphatic heterocycles. The fourth-order valence-corrected chi connectivity index (χ4v) is 2.33. The van der Waals surface area contributed by atoms with Gasteiger partial charge in [-0.05, 0) is 36.9 Å². The van der Waals surface area contributed by atoms with Crippen LogP contribution in [-0.2, 0) is 13.1 Å². The molecule has 4 heteroatoms. The molecule has 2 N–H and O–H groups in total. The Hall–Kier alpha value is -1.39. The van der Waals surface area contributed by atoms with Crippen LogP contribution in [0.25, 0.3) is 0 Å². The van der Waals surface area contributed by atoms with Crippen molar-refractivity contribution in [1.82, 2.24) is 4.90 Å². The van der Waals surface area contributed by atoms with Crippen molar-refractivity contribution in [2.24, 2.45) is 0 Å². The summed E-state index contributed by atoms with van der Waals surface area (Å²) in [5.41, 5.74) is 8.31. The van der Waals surface area contributed by atoms with Crippen LogP contribution in [0.15, 0.2) is 46.9 Å². The Kier molecular flexibility index (Phi) is 4.56. The van der Waals surface area contributed by atoms with E-state index in [0.717, 1.165) is 22.3 Å². The number of halogens is 2. The molecule has 0 fully saturated rings. The predicted octanol–water partition coefficient (Wildman–Crippen LogP) is 3.80. The maximum atomic E-state index is 13.7. The molecule has 0 saturated heterocycles. The fraction of sp³-hybridized carbons (Fsp3) is 0.200. The molecule has 2 aromatic carbocycles. The summed E-state index contributed by atoms with van der Waals surface area (Å²) in [5.74, 6) is -0.186. The fourth-order valence-electron chi connectivity index (χ4n) is 2.00. The second kappa shape index (κ2) is 6.17. The highest BCUT2D eigenvalue weighted by Crippen LogP contribution is 2.17. The highest BCUT2D eigenvalue weighted by atomic mass is 79.9. The first-order valence-electron chi connectivity index (χ1n) is 6.01. The molecule has 0 aliphatic carbocycles. The average Bonchev–Trinajstić information content (AvgIpc) is 2.33. The first kappa shape index (κ1) is 14.0. The standard InChI is InChI=1S/C15H16BrFN2/c1-19(9-11-3-2-4-14(18)7-11)10-12-5-6-13(16)8-15(12)17/h2-8H,9-10,18H2,1H3. The van der Waals surface area contributed by atoms with Crippen LogP contribution in [0.4, 0.5) is 10.1 Å². The van der Waals surface area contributed by atoms with Gasteiger partial charge in [-0.3, -0.25) is 4.90 Å². The van der Waals surface area contributed by atoms with Crippen LogP contribution < -0.4 is 5.73 Å². The van der Waals surface area contributed by atoms with E-state index in [4.69, 9.17) is 5.73 Å². The minimum atomic E-state index is -0.186. The van der Waals surface area contributed by atoms with Crippen molar-refractivity contribution in [2.75, 3.05) is 12.8 Å². The van der Waals surface area contributed by atoms with Crippen molar-refractivity contribution in [2.45, 2.75) is 13.1 Å². The number of hydrogen-bond donors (Lipinski definition) is 1. The monoisotopic (exact) mass is 322 g/mol. The van der Waals surface area contributed by atoms with E-state index in [-0.39, 0.29) is 5.82 Å². The number of hydrogen-bond acceptors (Lipinski definition) is 2. The van der Waals surface area contributed by atoms with Gasteiger partial charge in [0.05, 0.1) is 0 Å². The number of nitrogens with two attached hydrogens (primary N) is 1. The largest absolute Gasteiger partial charge is 0.399 e. The Morgan fingerprint density at radius 3 is 2.63 bits per heavy atom. The molecule has 19 heavy (non-hydrogen) atoms. The molecular weight excluding hydrogens is 307 g/mol. The molecule has 0 unspecified atom stereocenters. The lowest BCUT2D eigenvalue weighted by atomic mass is 10.1. The molecule has 2 rings (SSSR count). The highest BCUT2D eigenvalue weighted by Gasteiger charge is 2.07. The first-order chi connectivity index (χ1) is 9.04. The SMILES string of the molecule is CN(Cc1cccc(N)c1)Cc1ccc(Br)cc1F. The summed E-state index contributed by atoms with van der Waals surface area (Å²) in [6, 6.07) is 12.9. The van der Waals surface area contributed by atoms with Gasteiger partial charge in [0, 0.05) is 28.8 Å². The smallest absolute Gasteiger partial charge is 0.128 e. The van der Waals surface area contributed by atoms with E-state index in [9.17, 15) is 4.39 Å². The van der Waals surface area contributed by atoms with Gasteiger partial charge >= 0.3 is 0 Å². The lowest BCUT2D eigenvalue weighted by Gasteiger charge is -2.17. The first-order valence-corrected chi connectivity index (χ1v) is 6.81. The van der Waals surface area contributed by atoms with Crippen molar-refractivity contribution in [3.63, 3.8) is 0 Å². The Balaban J connectivity index is 2.03. The van der Waals surface area contributed by atoms with Crippen molar-refractivity contribution in [1.29, 1.82) is 0 Å². The van der Waals surface area contributed by atoms with E-state index in [1.54, 1.807) is 6.07 Å². The van der Waals surface area contributed by atoms with Crippen molar-refractivity contribution in [3.8, 4) is 0 Å². The summed E-state index contributed by atoms with van der Waals surface area (Å²) in [4.78, 5) is 2.06. The van der Waals surface area contributed by atoms with Crippen LogP contribution in [0.2, 0.25) is 0 Å². The third kappa shape index (κ3) is 4.04. The molecule has 0 heterocycles. The van der Waals surface area contributed by atoms with Crippen LogP contribution in [0.3, 0.4) is 0 Å². The van der Waals surface area contributed by atoms with E-state index in [1.807, 2.05) is 37.4 Å². The number of nitrogen functional groups attached to an aromatic ring is 1. The average molecular weight is 323 g/mol. The Labute approximate surface area is 121 Å². The molecule has 0 atom stereocenters. The minimum Gasteiger partial charge on any atom is -0.399 e. The molecule has 0 amide bonds. The van der Waals surface area contributed by atoms with Gasteiger partial charge in [0.25, 0.3) is 0 Å². The van der Waals surface area contributed by atoms with E-state index < -0.39 is 0 Å². The van der Waals surface area contributed by atoms with Crippen LogP contribution in [0, 0.1) is 5.82 Å². The zero-order valence-corrected chi connectivity index (χ0v) is 12.3. The Morgan fingerprint density at radius 2 is 1.95 bits per heavy atom. The second-order valence-corrected chi connectivity index (χ2v) is 5.57. The maximum absolute atomic E-state index is 13.7. The lowest BCUT2D eigenvalue weighted by Crippen LogP contribution is -2.18. The molecule has 2 aromatic rings. The van der Waals surface area contributed by atoms with Crippen molar-refractivity contribution < 1.29 is 4.39 Å². The molecule has 2 nitrogen and oxygen atoms in total. The number of nitrogens with zero attached hydrogens (tertiary/aromatic N) is 1. The Morgan fingerprint density at radius 1 is 1.16 bits per heavy atom. The van der Waals surface area contributed by atoms with Crippen molar-refractivity contribution in [3.05, 3.63) is 63.9 Å². The number of anilines is 1.